The molecule has 4 heterocycles. The van der Waals surface area contributed by atoms with Gasteiger partial charge in [0.2, 0.25) is 0 Å². The number of aliphatic hydroxyl groups is 2. The molecule has 0 radical (unpaired) electrons. The minimum Gasteiger partial charge on any atom is -0.391 e. The van der Waals surface area contributed by atoms with Gasteiger partial charge in [-0.3, -0.25) is 4.98 Å². The Bertz CT molecular complexity index is 1390. The first-order valence-electron chi connectivity index (χ1n) is 9.71. The molecule has 0 aliphatic carbocycles. The highest BCUT2D eigenvalue weighted by Gasteiger charge is 2.16. The fourth-order valence-corrected chi connectivity index (χ4v) is 3.63. The minimum atomic E-state index is -0.786. The summed E-state index contributed by atoms with van der Waals surface area (Å²) >= 11 is 0. The molecule has 0 aliphatic rings. The predicted molar refractivity (Wildman–Crippen MR) is 124 cm³/mol. The standard InChI is InChI=1S/C22H19FN6O2.H2S/c23-15-5-13(7-24-9-15)19-6-21(29-22(28-19)14(12-30)8-27-29)26-11-20(31)17-10-25-18-4-2-1-3-16(17)18;/h1-10,20,25-26,30-31H,11-12H2;1H2/t20-;/m1./s1. The number of fused-ring (bicyclic) bond motifs is 2. The van der Waals surface area contributed by atoms with Gasteiger partial charge in [0.25, 0.3) is 0 Å². The Hall–Kier alpha value is -3.47. The number of pyridine rings is 1. The van der Waals surface area contributed by atoms with E-state index < -0.39 is 11.9 Å². The van der Waals surface area contributed by atoms with E-state index in [0.29, 0.717) is 28.3 Å². The second-order valence-electron chi connectivity index (χ2n) is 7.17. The normalized spacial score (nSPS) is 12.1. The molecule has 5 rings (SSSR count). The third-order valence-electron chi connectivity index (χ3n) is 5.17. The Balaban J connectivity index is 0.00000245. The molecule has 0 unspecified atom stereocenters. The van der Waals surface area contributed by atoms with Crippen LogP contribution in [-0.4, -0.2) is 41.3 Å². The zero-order valence-electron chi connectivity index (χ0n) is 16.8. The third-order valence-corrected chi connectivity index (χ3v) is 5.17. The number of hydrogen-bond donors (Lipinski definition) is 4. The third kappa shape index (κ3) is 3.91. The number of aromatic amines is 1. The SMILES string of the molecule is OCc1cnn2c(NC[C@@H](O)c3c[nH]c4ccccc34)cc(-c3cncc(F)c3)nc12.S. The van der Waals surface area contributed by atoms with Crippen LogP contribution in [0.1, 0.15) is 17.2 Å². The molecule has 1 atom stereocenters. The minimum absolute atomic E-state index is 0. The number of aliphatic hydroxyl groups excluding tert-OH is 2. The second kappa shape index (κ2) is 8.95. The number of H-pyrrole nitrogens is 1. The maximum absolute atomic E-state index is 13.7. The van der Waals surface area contributed by atoms with Crippen molar-refractivity contribution >= 4 is 35.9 Å². The molecular weight excluding hydrogens is 431 g/mol. The van der Waals surface area contributed by atoms with Gasteiger partial charge in [0.1, 0.15) is 11.6 Å². The van der Waals surface area contributed by atoms with Gasteiger partial charge in [-0.15, -0.1) is 0 Å². The average Bonchev–Trinajstić information content (AvgIpc) is 3.41. The second-order valence-corrected chi connectivity index (χ2v) is 7.17. The summed E-state index contributed by atoms with van der Waals surface area (Å²) in [6.07, 6.45) is 5.17. The summed E-state index contributed by atoms with van der Waals surface area (Å²) in [5.41, 5.74) is 3.66. The molecule has 4 aromatic heterocycles. The van der Waals surface area contributed by atoms with E-state index in [4.69, 9.17) is 0 Å². The van der Waals surface area contributed by atoms with E-state index in [9.17, 15) is 14.6 Å². The van der Waals surface area contributed by atoms with Gasteiger partial charge in [0.15, 0.2) is 5.65 Å². The molecule has 0 aliphatic heterocycles. The Morgan fingerprint density at radius 2 is 2.00 bits per heavy atom. The predicted octanol–water partition coefficient (Wildman–Crippen LogP) is 3.16. The number of nitrogens with one attached hydrogen (secondary N) is 2. The fraction of sp³-hybridized carbons (Fsp3) is 0.136. The number of para-hydroxylation sites is 1. The lowest BCUT2D eigenvalue weighted by molar-refractivity contribution is 0.193. The summed E-state index contributed by atoms with van der Waals surface area (Å²) in [6.45, 7) is -0.0329. The van der Waals surface area contributed by atoms with Crippen molar-refractivity contribution in [1.82, 2.24) is 24.6 Å². The zero-order valence-corrected chi connectivity index (χ0v) is 17.8. The van der Waals surface area contributed by atoms with Crippen molar-refractivity contribution in [3.63, 3.8) is 0 Å². The van der Waals surface area contributed by atoms with Gasteiger partial charge in [-0.05, 0) is 12.1 Å². The van der Waals surface area contributed by atoms with Gasteiger partial charge in [0.05, 0.1) is 30.8 Å². The molecule has 164 valence electrons. The number of nitrogens with zero attached hydrogens (tertiary/aromatic N) is 4. The molecule has 0 spiro atoms. The molecule has 32 heavy (non-hydrogen) atoms. The van der Waals surface area contributed by atoms with Gasteiger partial charge in [-0.1, -0.05) is 18.2 Å². The lowest BCUT2D eigenvalue weighted by atomic mass is 10.1. The van der Waals surface area contributed by atoms with Crippen LogP contribution in [0.3, 0.4) is 0 Å². The highest BCUT2D eigenvalue weighted by Crippen LogP contribution is 2.27. The van der Waals surface area contributed by atoms with Crippen LogP contribution in [0.15, 0.2) is 61.2 Å². The summed E-state index contributed by atoms with van der Waals surface area (Å²) in [4.78, 5) is 11.6. The van der Waals surface area contributed by atoms with E-state index in [1.54, 1.807) is 16.8 Å². The van der Waals surface area contributed by atoms with Crippen molar-refractivity contribution in [2.75, 3.05) is 11.9 Å². The molecular formula is C22H21FN6O2S. The molecule has 1 aromatic carbocycles. The van der Waals surface area contributed by atoms with Gasteiger partial charge < -0.3 is 20.5 Å². The van der Waals surface area contributed by atoms with Crippen molar-refractivity contribution in [3.8, 4) is 11.3 Å². The Morgan fingerprint density at radius 3 is 2.81 bits per heavy atom. The number of aromatic nitrogens is 5. The summed E-state index contributed by atoms with van der Waals surface area (Å²) in [7, 11) is 0. The molecule has 0 amide bonds. The van der Waals surface area contributed by atoms with Crippen LogP contribution in [0.5, 0.6) is 0 Å². The van der Waals surface area contributed by atoms with E-state index in [0.717, 1.165) is 22.7 Å². The maximum Gasteiger partial charge on any atom is 0.163 e. The van der Waals surface area contributed by atoms with Crippen LogP contribution >= 0.6 is 13.5 Å². The van der Waals surface area contributed by atoms with Crippen LogP contribution in [-0.2, 0) is 6.61 Å². The van der Waals surface area contributed by atoms with Crippen LogP contribution in [0.25, 0.3) is 27.8 Å². The first kappa shape index (κ1) is 21.8. The first-order chi connectivity index (χ1) is 15.1. The highest BCUT2D eigenvalue weighted by molar-refractivity contribution is 7.59. The van der Waals surface area contributed by atoms with Crippen LogP contribution in [0.2, 0.25) is 0 Å². The molecule has 0 bridgehead atoms. The fourth-order valence-electron chi connectivity index (χ4n) is 3.63. The maximum atomic E-state index is 13.7. The Morgan fingerprint density at radius 1 is 1.16 bits per heavy atom. The van der Waals surface area contributed by atoms with Crippen molar-refractivity contribution in [1.29, 1.82) is 0 Å². The molecule has 8 nitrogen and oxygen atoms in total. The van der Waals surface area contributed by atoms with E-state index in [-0.39, 0.29) is 26.6 Å². The number of benzene rings is 1. The summed E-state index contributed by atoms with van der Waals surface area (Å²) < 4.78 is 15.2. The number of rotatable bonds is 6. The van der Waals surface area contributed by atoms with E-state index in [2.05, 4.69) is 25.4 Å². The largest absolute Gasteiger partial charge is 0.391 e. The van der Waals surface area contributed by atoms with E-state index in [1.165, 1.54) is 18.5 Å². The molecule has 5 aromatic rings. The molecule has 4 N–H and O–H groups in total. The number of halogens is 1. The van der Waals surface area contributed by atoms with E-state index in [1.807, 2.05) is 24.3 Å². The summed E-state index contributed by atoms with van der Waals surface area (Å²) in [5.74, 6) is 0.0715. The first-order valence-corrected chi connectivity index (χ1v) is 9.71. The van der Waals surface area contributed by atoms with Crippen molar-refractivity contribution in [2.24, 2.45) is 0 Å². The molecule has 0 fully saturated rings. The Kier molecular flexibility index (Phi) is 6.08. The van der Waals surface area contributed by atoms with Crippen LogP contribution in [0.4, 0.5) is 10.2 Å². The lowest BCUT2D eigenvalue weighted by Crippen LogP contribution is -2.15. The Labute approximate surface area is 189 Å². The monoisotopic (exact) mass is 452 g/mol. The van der Waals surface area contributed by atoms with Crippen LogP contribution in [0, 0.1) is 5.82 Å². The number of anilines is 1. The van der Waals surface area contributed by atoms with Crippen LogP contribution < -0.4 is 5.32 Å². The van der Waals surface area contributed by atoms with Gasteiger partial charge >= 0.3 is 0 Å². The lowest BCUT2D eigenvalue weighted by Gasteiger charge is -2.14. The van der Waals surface area contributed by atoms with E-state index >= 15 is 0 Å². The quantitative estimate of drug-likeness (QED) is 0.315. The number of hydrogen-bond acceptors (Lipinski definition) is 6. The summed E-state index contributed by atoms with van der Waals surface area (Å²) in [6, 6.07) is 10.8. The van der Waals surface area contributed by atoms with Crippen molar-refractivity contribution in [2.45, 2.75) is 12.7 Å². The zero-order chi connectivity index (χ0) is 21.4. The van der Waals surface area contributed by atoms with Gasteiger partial charge in [-0.25, -0.2) is 9.37 Å². The molecule has 0 saturated carbocycles. The molecule has 0 saturated heterocycles. The van der Waals surface area contributed by atoms with Gasteiger partial charge in [-0.2, -0.15) is 23.1 Å². The highest BCUT2D eigenvalue weighted by atomic mass is 32.1. The van der Waals surface area contributed by atoms with Crippen molar-refractivity contribution < 1.29 is 14.6 Å². The van der Waals surface area contributed by atoms with Crippen molar-refractivity contribution in [3.05, 3.63) is 78.1 Å². The topological polar surface area (TPSA) is 111 Å². The smallest absolute Gasteiger partial charge is 0.163 e. The summed E-state index contributed by atoms with van der Waals surface area (Å²) in [5, 5.41) is 28.9. The van der Waals surface area contributed by atoms with Gasteiger partial charge in [0, 0.05) is 52.6 Å². The molecule has 10 heteroatoms. The average molecular weight is 453 g/mol.